The highest BCUT2D eigenvalue weighted by molar-refractivity contribution is 5.77. The average Bonchev–Trinajstić information content (AvgIpc) is 2.88. The lowest BCUT2D eigenvalue weighted by Crippen LogP contribution is -2.46. The number of anilines is 1. The van der Waals surface area contributed by atoms with Crippen molar-refractivity contribution in [1.29, 1.82) is 0 Å². The van der Waals surface area contributed by atoms with E-state index < -0.39 is 6.09 Å². The number of fused-ring (bicyclic) bond motifs is 1. The zero-order valence-corrected chi connectivity index (χ0v) is 11.2. The molecule has 2 aromatic rings. The van der Waals surface area contributed by atoms with Gasteiger partial charge in [-0.1, -0.05) is 12.1 Å². The monoisotopic (exact) mass is 274 g/mol. The molecule has 0 saturated carbocycles. The van der Waals surface area contributed by atoms with Gasteiger partial charge < -0.3 is 20.3 Å². The van der Waals surface area contributed by atoms with Crippen LogP contribution < -0.4 is 5.32 Å². The van der Waals surface area contributed by atoms with E-state index in [0.717, 1.165) is 30.3 Å². The molecule has 1 aliphatic rings. The second-order valence-corrected chi connectivity index (χ2v) is 5.11. The molecule has 1 aliphatic heterocycles. The molecule has 0 bridgehead atoms. The van der Waals surface area contributed by atoms with E-state index in [4.69, 9.17) is 0 Å². The molecule has 3 rings (SSSR count). The molecule has 1 saturated heterocycles. The Morgan fingerprint density at radius 3 is 3.10 bits per heavy atom. The molecule has 0 radical (unpaired) electrons. The summed E-state index contributed by atoms with van der Waals surface area (Å²) in [5.74, 6) is 0.696. The zero-order chi connectivity index (χ0) is 13.9. The molecule has 1 aromatic heterocycles. The Labute approximate surface area is 116 Å². The summed E-state index contributed by atoms with van der Waals surface area (Å²) in [5.41, 5.74) is 1.89. The fraction of sp³-hybridized carbons (Fsp3) is 0.429. The Morgan fingerprint density at radius 1 is 1.45 bits per heavy atom. The number of carboxylic acid groups (broad SMARTS) is 1. The number of benzene rings is 1. The van der Waals surface area contributed by atoms with Gasteiger partial charge in [0.1, 0.15) is 0 Å². The largest absolute Gasteiger partial charge is 0.465 e. The van der Waals surface area contributed by atoms with Crippen molar-refractivity contribution >= 4 is 23.1 Å². The number of amides is 1. The van der Waals surface area contributed by atoms with Crippen LogP contribution in [-0.2, 0) is 0 Å². The van der Waals surface area contributed by atoms with E-state index >= 15 is 0 Å². The van der Waals surface area contributed by atoms with Gasteiger partial charge in [-0.3, -0.25) is 0 Å². The fourth-order valence-corrected chi connectivity index (χ4v) is 2.72. The number of nitrogens with one attached hydrogen (secondary N) is 2. The Balaban J connectivity index is 1.67. The lowest BCUT2D eigenvalue weighted by molar-refractivity contribution is 0.110. The van der Waals surface area contributed by atoms with E-state index in [-0.39, 0.29) is 6.04 Å². The summed E-state index contributed by atoms with van der Waals surface area (Å²) >= 11 is 0. The quantitative estimate of drug-likeness (QED) is 0.803. The number of rotatable bonds is 3. The maximum atomic E-state index is 11.2. The number of aromatic nitrogens is 2. The van der Waals surface area contributed by atoms with Crippen molar-refractivity contribution < 1.29 is 9.90 Å². The third-order valence-electron chi connectivity index (χ3n) is 3.77. The molecule has 20 heavy (non-hydrogen) atoms. The molecule has 1 amide bonds. The van der Waals surface area contributed by atoms with Crippen molar-refractivity contribution in [1.82, 2.24) is 14.9 Å². The topological polar surface area (TPSA) is 81.2 Å². The van der Waals surface area contributed by atoms with Crippen LogP contribution in [0.5, 0.6) is 0 Å². The standard InChI is InChI=1S/C14H18N4O2/c19-14(20)18-8-4-3-5-10(18)9-15-13-16-11-6-1-2-7-12(11)17-13/h1-2,6-7,10H,3-5,8-9H2,(H,19,20)(H2,15,16,17). The van der Waals surface area contributed by atoms with Crippen LogP contribution >= 0.6 is 0 Å². The smallest absolute Gasteiger partial charge is 0.407 e. The summed E-state index contributed by atoms with van der Waals surface area (Å²) in [6.45, 7) is 1.22. The van der Waals surface area contributed by atoms with Crippen molar-refractivity contribution in [3.8, 4) is 0 Å². The molecule has 6 nitrogen and oxygen atoms in total. The number of carbonyl (C=O) groups is 1. The SMILES string of the molecule is O=C(O)N1CCCCC1CNc1nc2ccccc2[nH]1. The average molecular weight is 274 g/mol. The number of aromatic amines is 1. The third-order valence-corrected chi connectivity index (χ3v) is 3.77. The first kappa shape index (κ1) is 12.8. The minimum atomic E-state index is -0.832. The van der Waals surface area contributed by atoms with Crippen LogP contribution in [0.4, 0.5) is 10.7 Å². The zero-order valence-electron chi connectivity index (χ0n) is 11.2. The van der Waals surface area contributed by atoms with Gasteiger partial charge >= 0.3 is 6.09 Å². The number of imidazole rings is 1. The maximum absolute atomic E-state index is 11.2. The maximum Gasteiger partial charge on any atom is 0.407 e. The van der Waals surface area contributed by atoms with Crippen LogP contribution in [0, 0.1) is 0 Å². The van der Waals surface area contributed by atoms with Crippen molar-refractivity contribution in [2.24, 2.45) is 0 Å². The van der Waals surface area contributed by atoms with E-state index in [1.54, 1.807) is 0 Å². The van der Waals surface area contributed by atoms with Crippen molar-refractivity contribution in [3.05, 3.63) is 24.3 Å². The van der Waals surface area contributed by atoms with Gasteiger partial charge in [-0.05, 0) is 31.4 Å². The number of hydrogen-bond donors (Lipinski definition) is 3. The summed E-state index contributed by atoms with van der Waals surface area (Å²) < 4.78 is 0. The van der Waals surface area contributed by atoms with Gasteiger partial charge in [-0.2, -0.15) is 0 Å². The van der Waals surface area contributed by atoms with Gasteiger partial charge in [0.05, 0.1) is 17.1 Å². The van der Waals surface area contributed by atoms with Gasteiger partial charge in [0.15, 0.2) is 0 Å². The Hall–Kier alpha value is -2.24. The first-order valence-electron chi connectivity index (χ1n) is 6.92. The molecule has 3 N–H and O–H groups in total. The van der Waals surface area contributed by atoms with Gasteiger partial charge in [0, 0.05) is 13.1 Å². The first-order valence-corrected chi connectivity index (χ1v) is 6.92. The second-order valence-electron chi connectivity index (χ2n) is 5.11. The molecule has 0 aliphatic carbocycles. The Bertz CT molecular complexity index is 577. The molecular weight excluding hydrogens is 256 g/mol. The van der Waals surface area contributed by atoms with Crippen molar-refractivity contribution in [2.45, 2.75) is 25.3 Å². The van der Waals surface area contributed by atoms with Crippen molar-refractivity contribution in [3.63, 3.8) is 0 Å². The molecular formula is C14H18N4O2. The van der Waals surface area contributed by atoms with Crippen molar-refractivity contribution in [2.75, 3.05) is 18.4 Å². The molecule has 1 unspecified atom stereocenters. The highest BCUT2D eigenvalue weighted by Gasteiger charge is 2.26. The number of H-pyrrole nitrogens is 1. The summed E-state index contributed by atoms with van der Waals surface area (Å²) in [6, 6.07) is 7.84. The molecule has 6 heteroatoms. The van der Waals surface area contributed by atoms with Gasteiger partial charge in [0.2, 0.25) is 5.95 Å². The summed E-state index contributed by atoms with van der Waals surface area (Å²) in [7, 11) is 0. The molecule has 106 valence electrons. The van der Waals surface area contributed by atoms with Crippen LogP contribution in [0.15, 0.2) is 24.3 Å². The van der Waals surface area contributed by atoms with E-state index in [1.807, 2.05) is 24.3 Å². The number of piperidine rings is 1. The summed E-state index contributed by atoms with van der Waals surface area (Å²) in [5, 5.41) is 12.4. The third kappa shape index (κ3) is 2.54. The molecule has 2 heterocycles. The number of likely N-dealkylation sites (tertiary alicyclic amines) is 1. The van der Waals surface area contributed by atoms with Gasteiger partial charge in [-0.25, -0.2) is 9.78 Å². The normalized spacial score (nSPS) is 19.2. The van der Waals surface area contributed by atoms with E-state index in [1.165, 1.54) is 4.90 Å². The summed E-state index contributed by atoms with van der Waals surface area (Å²) in [4.78, 5) is 20.3. The van der Waals surface area contributed by atoms with Crippen LogP contribution in [0.3, 0.4) is 0 Å². The minimum Gasteiger partial charge on any atom is -0.465 e. The van der Waals surface area contributed by atoms with E-state index in [2.05, 4.69) is 15.3 Å². The van der Waals surface area contributed by atoms with E-state index in [9.17, 15) is 9.90 Å². The lowest BCUT2D eigenvalue weighted by Gasteiger charge is -2.33. The molecule has 0 spiro atoms. The minimum absolute atomic E-state index is 0.0227. The number of nitrogens with zero attached hydrogens (tertiary/aromatic N) is 2. The molecule has 1 aromatic carbocycles. The Kier molecular flexibility index (Phi) is 3.45. The predicted molar refractivity (Wildman–Crippen MR) is 77.0 cm³/mol. The second kappa shape index (κ2) is 5.40. The van der Waals surface area contributed by atoms with Crippen LogP contribution in [-0.4, -0.2) is 45.2 Å². The number of para-hydroxylation sites is 2. The fourth-order valence-electron chi connectivity index (χ4n) is 2.72. The molecule has 1 fully saturated rings. The molecule has 1 atom stereocenters. The lowest BCUT2D eigenvalue weighted by atomic mass is 10.0. The highest BCUT2D eigenvalue weighted by atomic mass is 16.4. The van der Waals surface area contributed by atoms with Gasteiger partial charge in [0.25, 0.3) is 0 Å². The van der Waals surface area contributed by atoms with Crippen LogP contribution in [0.25, 0.3) is 11.0 Å². The van der Waals surface area contributed by atoms with Crippen LogP contribution in [0.1, 0.15) is 19.3 Å². The predicted octanol–water partition coefficient (Wildman–Crippen LogP) is 2.51. The van der Waals surface area contributed by atoms with Gasteiger partial charge in [-0.15, -0.1) is 0 Å². The van der Waals surface area contributed by atoms with E-state index in [0.29, 0.717) is 19.0 Å². The highest BCUT2D eigenvalue weighted by Crippen LogP contribution is 2.18. The first-order chi connectivity index (χ1) is 9.74. The Morgan fingerprint density at radius 2 is 2.30 bits per heavy atom. The summed E-state index contributed by atoms with van der Waals surface area (Å²) in [6.07, 6.45) is 2.10. The number of hydrogen-bond acceptors (Lipinski definition) is 3. The van der Waals surface area contributed by atoms with Crippen LogP contribution in [0.2, 0.25) is 0 Å².